The first-order valence-electron chi connectivity index (χ1n) is 7.80. The second-order valence-electron chi connectivity index (χ2n) is 5.60. The number of rotatable bonds is 3. The molecule has 0 radical (unpaired) electrons. The third-order valence-corrected chi connectivity index (χ3v) is 4.15. The van der Waals surface area contributed by atoms with Gasteiger partial charge in [-0.15, -0.1) is 0 Å². The van der Waals surface area contributed by atoms with Gasteiger partial charge in [0.05, 0.1) is 11.4 Å². The molecule has 112 valence electrons. The predicted octanol–water partition coefficient (Wildman–Crippen LogP) is 4.36. The van der Waals surface area contributed by atoms with Gasteiger partial charge in [-0.1, -0.05) is 48.5 Å². The van der Waals surface area contributed by atoms with E-state index in [4.69, 9.17) is 0 Å². The van der Waals surface area contributed by atoms with Crippen LogP contribution in [0.5, 0.6) is 0 Å². The summed E-state index contributed by atoms with van der Waals surface area (Å²) in [5, 5.41) is 4.27. The van der Waals surface area contributed by atoms with Gasteiger partial charge in [-0.2, -0.15) is 5.10 Å². The normalized spacial score (nSPS) is 17.0. The van der Waals surface area contributed by atoms with Crippen molar-refractivity contribution < 1.29 is 0 Å². The van der Waals surface area contributed by atoms with E-state index in [9.17, 15) is 0 Å². The molecule has 3 nitrogen and oxygen atoms in total. The molecule has 0 N–H and O–H groups in total. The van der Waals surface area contributed by atoms with Crippen molar-refractivity contribution in [3.8, 4) is 5.69 Å². The lowest BCUT2D eigenvalue weighted by atomic mass is 9.86. The van der Waals surface area contributed by atoms with Crippen LogP contribution < -0.4 is 0 Å². The Balaban J connectivity index is 1.66. The molecule has 2 aromatic carbocycles. The van der Waals surface area contributed by atoms with Gasteiger partial charge in [0.1, 0.15) is 0 Å². The Labute approximate surface area is 135 Å². The molecule has 1 aromatic heterocycles. The van der Waals surface area contributed by atoms with Crippen LogP contribution in [0, 0.1) is 0 Å². The molecule has 0 bridgehead atoms. The van der Waals surface area contributed by atoms with Crippen LogP contribution in [0.3, 0.4) is 0 Å². The van der Waals surface area contributed by atoms with Crippen molar-refractivity contribution in [2.45, 2.75) is 12.3 Å². The van der Waals surface area contributed by atoms with Crippen molar-refractivity contribution in [1.82, 2.24) is 9.78 Å². The predicted molar refractivity (Wildman–Crippen MR) is 93.0 cm³/mol. The van der Waals surface area contributed by atoms with Crippen LogP contribution in [0.2, 0.25) is 0 Å². The van der Waals surface area contributed by atoms with Crippen molar-refractivity contribution in [2.75, 3.05) is 0 Å². The van der Waals surface area contributed by atoms with Crippen molar-refractivity contribution in [1.29, 1.82) is 0 Å². The van der Waals surface area contributed by atoms with Crippen LogP contribution in [0.4, 0.5) is 0 Å². The first kappa shape index (κ1) is 13.7. The van der Waals surface area contributed by atoms with Crippen molar-refractivity contribution in [3.05, 3.63) is 96.5 Å². The smallest absolute Gasteiger partial charge is 0.0645 e. The largest absolute Gasteiger partial charge is 0.260 e. The maximum Gasteiger partial charge on any atom is 0.0645 e. The number of hydrogen-bond donors (Lipinski definition) is 0. The molecule has 1 aliphatic rings. The van der Waals surface area contributed by atoms with Crippen molar-refractivity contribution in [3.63, 3.8) is 0 Å². The maximum atomic E-state index is 4.65. The van der Waals surface area contributed by atoms with Crippen LogP contribution in [0.1, 0.15) is 23.5 Å². The molecule has 0 fully saturated rings. The molecule has 0 spiro atoms. The molecule has 3 heteroatoms. The quantitative estimate of drug-likeness (QED) is 0.706. The zero-order chi connectivity index (χ0) is 15.5. The first-order valence-corrected chi connectivity index (χ1v) is 7.80. The average Bonchev–Trinajstić information content (AvgIpc) is 3.17. The lowest BCUT2D eigenvalue weighted by Gasteiger charge is -2.21. The molecule has 0 amide bonds. The van der Waals surface area contributed by atoms with Gasteiger partial charge in [0.15, 0.2) is 0 Å². The molecule has 0 saturated heterocycles. The Hall–Kier alpha value is -2.94. The van der Waals surface area contributed by atoms with E-state index in [1.54, 1.807) is 6.20 Å². The number of aliphatic imine (C=N–C) groups is 1. The van der Waals surface area contributed by atoms with Crippen LogP contribution >= 0.6 is 0 Å². The Morgan fingerprint density at radius 1 is 0.913 bits per heavy atom. The fourth-order valence-electron chi connectivity index (χ4n) is 2.99. The van der Waals surface area contributed by atoms with Crippen LogP contribution in [0.15, 0.2) is 90.3 Å². The van der Waals surface area contributed by atoms with E-state index < -0.39 is 0 Å². The molecule has 4 rings (SSSR count). The fourth-order valence-corrected chi connectivity index (χ4v) is 2.99. The highest BCUT2D eigenvalue weighted by atomic mass is 15.3. The van der Waals surface area contributed by atoms with Crippen LogP contribution in [-0.4, -0.2) is 15.5 Å². The van der Waals surface area contributed by atoms with Gasteiger partial charge >= 0.3 is 0 Å². The van der Waals surface area contributed by atoms with Crippen LogP contribution in [0.25, 0.3) is 5.69 Å². The van der Waals surface area contributed by atoms with E-state index in [-0.39, 0.29) is 0 Å². The highest BCUT2D eigenvalue weighted by molar-refractivity contribution is 6.06. The Bertz CT molecular complexity index is 828. The summed E-state index contributed by atoms with van der Waals surface area (Å²) in [6.07, 6.45) is 8.78. The SMILES string of the molecule is C1=CN=C(c2ccccc2)[C@H](c2ccc(-n3cccn3)cc2)C1. The fraction of sp³-hybridized carbons (Fsp3) is 0.100. The van der Waals surface area contributed by atoms with E-state index >= 15 is 0 Å². The lowest BCUT2D eigenvalue weighted by Crippen LogP contribution is -2.15. The van der Waals surface area contributed by atoms with Gasteiger partial charge in [0.2, 0.25) is 0 Å². The summed E-state index contributed by atoms with van der Waals surface area (Å²) in [5.41, 5.74) is 4.69. The third kappa shape index (κ3) is 2.73. The molecular weight excluding hydrogens is 282 g/mol. The minimum absolute atomic E-state index is 0.300. The number of nitrogens with zero attached hydrogens (tertiary/aromatic N) is 3. The first-order chi connectivity index (χ1) is 11.4. The maximum absolute atomic E-state index is 4.65. The van der Waals surface area contributed by atoms with Gasteiger partial charge in [0, 0.05) is 24.5 Å². The van der Waals surface area contributed by atoms with Crippen LogP contribution in [-0.2, 0) is 0 Å². The second-order valence-corrected chi connectivity index (χ2v) is 5.60. The summed E-state index contributed by atoms with van der Waals surface area (Å²) >= 11 is 0. The summed E-state index contributed by atoms with van der Waals surface area (Å²) in [4.78, 5) is 4.65. The van der Waals surface area contributed by atoms with E-state index in [0.717, 1.165) is 17.8 Å². The molecular formula is C20H17N3. The Kier molecular flexibility index (Phi) is 3.60. The molecule has 0 saturated carbocycles. The third-order valence-electron chi connectivity index (χ3n) is 4.15. The molecule has 0 aliphatic carbocycles. The molecule has 3 aromatic rings. The van der Waals surface area contributed by atoms with E-state index in [1.807, 2.05) is 29.2 Å². The molecule has 2 heterocycles. The summed E-state index contributed by atoms with van der Waals surface area (Å²) in [5.74, 6) is 0.300. The minimum Gasteiger partial charge on any atom is -0.260 e. The average molecular weight is 299 g/mol. The summed E-state index contributed by atoms with van der Waals surface area (Å²) < 4.78 is 1.87. The monoisotopic (exact) mass is 299 g/mol. The number of hydrogen-bond acceptors (Lipinski definition) is 2. The highest BCUT2D eigenvalue weighted by Gasteiger charge is 2.20. The molecule has 1 atom stereocenters. The summed E-state index contributed by atoms with van der Waals surface area (Å²) in [7, 11) is 0. The summed E-state index contributed by atoms with van der Waals surface area (Å²) in [6.45, 7) is 0. The topological polar surface area (TPSA) is 30.2 Å². The standard InChI is InChI=1S/C20H17N3/c1-2-6-17(7-3-1)20-19(8-4-13-21-20)16-9-11-18(12-10-16)23-15-5-14-22-23/h1-7,9-15,19H,8H2/t19-/m0/s1. The highest BCUT2D eigenvalue weighted by Crippen LogP contribution is 2.29. The second kappa shape index (κ2) is 6.05. The number of aromatic nitrogens is 2. The van der Waals surface area contributed by atoms with Crippen molar-refractivity contribution in [2.24, 2.45) is 4.99 Å². The van der Waals surface area contributed by atoms with E-state index in [1.165, 1.54) is 11.1 Å². The minimum atomic E-state index is 0.300. The van der Waals surface area contributed by atoms with Crippen molar-refractivity contribution >= 4 is 5.71 Å². The van der Waals surface area contributed by atoms with Gasteiger partial charge in [0.25, 0.3) is 0 Å². The van der Waals surface area contributed by atoms with Gasteiger partial charge < -0.3 is 0 Å². The number of benzene rings is 2. The Morgan fingerprint density at radius 3 is 2.48 bits per heavy atom. The molecule has 0 unspecified atom stereocenters. The molecule has 23 heavy (non-hydrogen) atoms. The zero-order valence-corrected chi connectivity index (χ0v) is 12.7. The molecule has 1 aliphatic heterocycles. The van der Waals surface area contributed by atoms with E-state index in [0.29, 0.717) is 5.92 Å². The number of allylic oxidation sites excluding steroid dienone is 1. The zero-order valence-electron chi connectivity index (χ0n) is 12.7. The summed E-state index contributed by atoms with van der Waals surface area (Å²) in [6, 6.07) is 20.9. The van der Waals surface area contributed by atoms with E-state index in [2.05, 4.69) is 64.7 Å². The van der Waals surface area contributed by atoms with Gasteiger partial charge in [-0.05, 0) is 35.7 Å². The van der Waals surface area contributed by atoms with Gasteiger partial charge in [-0.3, -0.25) is 4.99 Å². The van der Waals surface area contributed by atoms with Gasteiger partial charge in [-0.25, -0.2) is 4.68 Å². The lowest BCUT2D eigenvalue weighted by molar-refractivity contribution is 0.867. The Morgan fingerprint density at radius 2 is 1.74 bits per heavy atom.